The molecule has 1 aliphatic carbocycles. The first-order valence-corrected chi connectivity index (χ1v) is 26.3. The van der Waals surface area contributed by atoms with E-state index in [4.69, 9.17) is 13.3 Å². The van der Waals surface area contributed by atoms with Gasteiger partial charge in [0, 0.05) is 66.1 Å². The second-order valence-electron chi connectivity index (χ2n) is 20.2. The highest BCUT2D eigenvalue weighted by Gasteiger charge is 2.46. The van der Waals surface area contributed by atoms with Gasteiger partial charge in [0.25, 0.3) is 0 Å². The third kappa shape index (κ3) is 6.52. The summed E-state index contributed by atoms with van der Waals surface area (Å²) in [5.41, 5.74) is 21.6. The quantitative estimate of drug-likeness (QED) is 0.152. The zero-order valence-electron chi connectivity index (χ0n) is 41.7. The summed E-state index contributed by atoms with van der Waals surface area (Å²) >= 11 is 0. The van der Waals surface area contributed by atoms with Crippen molar-refractivity contribution in [1.29, 1.82) is 0 Å². The zero-order chi connectivity index (χ0) is 50.6. The first-order chi connectivity index (χ1) is 38.2. The van der Waals surface area contributed by atoms with Crippen LogP contribution in [0.5, 0.6) is 0 Å². The van der Waals surface area contributed by atoms with Crippen molar-refractivity contribution >= 4 is 82.9 Å². The van der Waals surface area contributed by atoms with Crippen LogP contribution in [0.25, 0.3) is 110 Å². The summed E-state index contributed by atoms with van der Waals surface area (Å²) < 4.78 is 19.6. The Morgan fingerprint density at radius 3 is 1.10 bits per heavy atom. The lowest BCUT2D eigenvalue weighted by atomic mass is 9.67. The minimum absolute atomic E-state index is 0.650. The van der Waals surface area contributed by atoms with Gasteiger partial charge in [-0.05, 0) is 105 Å². The highest BCUT2D eigenvalue weighted by molar-refractivity contribution is 6.12. The SMILES string of the molecule is c1ccc(C2(c3ccc(-c4cccc5c4oc4ccccc45)cc3)c3ccccc3-c3ccc(N(c4ccc(-c5cccc6c5oc5ccccc56)cc4)c4ccc(-c5cccc6c5oc5ccccc56)cc4)cc32)cc1. The predicted molar refractivity (Wildman–Crippen MR) is 317 cm³/mol. The van der Waals surface area contributed by atoms with Crippen molar-refractivity contribution in [2.45, 2.75) is 5.41 Å². The molecule has 3 aromatic heterocycles. The molecule has 1 aliphatic rings. The fourth-order valence-electron chi connectivity index (χ4n) is 12.7. The van der Waals surface area contributed by atoms with Crippen molar-refractivity contribution < 1.29 is 13.3 Å². The minimum Gasteiger partial charge on any atom is -0.455 e. The maximum absolute atomic E-state index is 6.56. The van der Waals surface area contributed by atoms with Crippen molar-refractivity contribution in [1.82, 2.24) is 0 Å². The zero-order valence-corrected chi connectivity index (χ0v) is 41.7. The Bertz CT molecular complexity index is 4630. The standard InChI is InChI=1S/C73H45NO3/c1-2-15-49(16-3-1)73(50-37-31-46(32-38-50)54-21-12-24-62-59-18-5-9-28-67(59)75-70(54)62)65-27-8-4-17-57(65)58-44-43-53(45-66(58)73)74(51-39-33-47(34-40-51)55-22-13-25-63-60-19-6-10-29-68(60)76-71(55)63)52-41-35-48(36-42-52)56-23-14-26-64-61-20-7-11-30-69(61)77-72(56)64/h1-45H. The van der Waals surface area contributed by atoms with Crippen LogP contribution in [0.1, 0.15) is 22.3 Å². The van der Waals surface area contributed by atoms with Gasteiger partial charge in [-0.3, -0.25) is 0 Å². The summed E-state index contributed by atoms with van der Waals surface area (Å²) in [5, 5.41) is 6.71. The summed E-state index contributed by atoms with van der Waals surface area (Å²) in [5.74, 6) is 0. The van der Waals surface area contributed by atoms with Gasteiger partial charge in [0.15, 0.2) is 0 Å². The van der Waals surface area contributed by atoms with Gasteiger partial charge in [-0.1, -0.05) is 218 Å². The summed E-state index contributed by atoms with van der Waals surface area (Å²) in [4.78, 5) is 2.40. The van der Waals surface area contributed by atoms with Gasteiger partial charge in [-0.2, -0.15) is 0 Å². The van der Waals surface area contributed by atoms with Gasteiger partial charge in [0.05, 0.1) is 5.41 Å². The predicted octanol–water partition coefficient (Wildman–Crippen LogP) is 20.2. The Kier molecular flexibility index (Phi) is 9.52. The lowest BCUT2D eigenvalue weighted by Crippen LogP contribution is -2.28. The molecule has 0 amide bonds. The van der Waals surface area contributed by atoms with E-state index in [2.05, 4.69) is 248 Å². The summed E-state index contributed by atoms with van der Waals surface area (Å²) in [7, 11) is 0. The summed E-state index contributed by atoms with van der Waals surface area (Å²) in [6.45, 7) is 0. The number of hydrogen-bond acceptors (Lipinski definition) is 4. The number of fused-ring (bicyclic) bond motifs is 12. The van der Waals surface area contributed by atoms with Gasteiger partial charge >= 0.3 is 0 Å². The second-order valence-corrected chi connectivity index (χ2v) is 20.2. The van der Waals surface area contributed by atoms with E-state index < -0.39 is 5.41 Å². The molecule has 16 rings (SSSR count). The van der Waals surface area contributed by atoms with E-state index in [-0.39, 0.29) is 0 Å². The molecular weight excluding hydrogens is 939 g/mol. The van der Waals surface area contributed by atoms with Crippen LogP contribution in [-0.4, -0.2) is 0 Å². The van der Waals surface area contributed by atoms with Crippen LogP contribution < -0.4 is 4.90 Å². The van der Waals surface area contributed by atoms with Gasteiger partial charge < -0.3 is 18.2 Å². The van der Waals surface area contributed by atoms with E-state index in [1.807, 2.05) is 30.3 Å². The van der Waals surface area contributed by atoms with Crippen LogP contribution in [0.3, 0.4) is 0 Å². The Hall–Kier alpha value is -10.2. The number of furan rings is 3. The molecule has 77 heavy (non-hydrogen) atoms. The van der Waals surface area contributed by atoms with E-state index in [1.54, 1.807) is 0 Å². The van der Waals surface area contributed by atoms with E-state index >= 15 is 0 Å². The summed E-state index contributed by atoms with van der Waals surface area (Å²) in [6, 6.07) is 98.4. The Labute approximate surface area is 443 Å². The van der Waals surface area contributed by atoms with E-state index in [9.17, 15) is 0 Å². The van der Waals surface area contributed by atoms with Crippen molar-refractivity contribution in [3.8, 4) is 44.5 Å². The first kappa shape index (κ1) is 43.3. The normalized spacial score (nSPS) is 14.0. The highest BCUT2D eigenvalue weighted by atomic mass is 16.3. The van der Waals surface area contributed by atoms with Crippen LogP contribution in [0.15, 0.2) is 286 Å². The Morgan fingerprint density at radius 1 is 0.247 bits per heavy atom. The molecule has 1 atom stereocenters. The molecule has 12 aromatic carbocycles. The molecule has 1 unspecified atom stereocenters. The second kappa shape index (κ2) is 16.9. The van der Waals surface area contributed by atoms with E-state index in [0.717, 1.165) is 116 Å². The van der Waals surface area contributed by atoms with Crippen LogP contribution in [0.4, 0.5) is 17.1 Å². The van der Waals surface area contributed by atoms with Crippen LogP contribution in [0.2, 0.25) is 0 Å². The van der Waals surface area contributed by atoms with Gasteiger partial charge in [-0.25, -0.2) is 0 Å². The number of rotatable bonds is 8. The average Bonchev–Trinajstić information content (AvgIpc) is 4.47. The maximum Gasteiger partial charge on any atom is 0.143 e. The molecule has 3 heterocycles. The molecule has 4 nitrogen and oxygen atoms in total. The molecule has 0 N–H and O–H groups in total. The van der Waals surface area contributed by atoms with Crippen molar-refractivity contribution in [3.05, 3.63) is 295 Å². The minimum atomic E-state index is -0.650. The first-order valence-electron chi connectivity index (χ1n) is 26.3. The molecule has 0 saturated carbocycles. The molecule has 4 heteroatoms. The van der Waals surface area contributed by atoms with Crippen molar-refractivity contribution in [2.75, 3.05) is 4.90 Å². The highest BCUT2D eigenvalue weighted by Crippen LogP contribution is 2.58. The van der Waals surface area contributed by atoms with Gasteiger partial charge in [0.1, 0.15) is 33.5 Å². The lowest BCUT2D eigenvalue weighted by Gasteiger charge is -2.35. The number of benzene rings is 12. The van der Waals surface area contributed by atoms with Crippen LogP contribution in [0, 0.1) is 0 Å². The molecule has 0 radical (unpaired) electrons. The molecule has 0 aliphatic heterocycles. The molecule has 15 aromatic rings. The largest absolute Gasteiger partial charge is 0.455 e. The molecule has 0 saturated heterocycles. The topological polar surface area (TPSA) is 42.7 Å². The fourth-order valence-corrected chi connectivity index (χ4v) is 12.7. The Balaban J connectivity index is 0.870. The third-order valence-corrected chi connectivity index (χ3v) is 16.2. The maximum atomic E-state index is 6.56. The number of hydrogen-bond donors (Lipinski definition) is 0. The number of para-hydroxylation sites is 6. The molecule has 0 spiro atoms. The molecule has 0 fully saturated rings. The number of anilines is 3. The van der Waals surface area contributed by atoms with Gasteiger partial charge in [0.2, 0.25) is 0 Å². The number of nitrogens with zero attached hydrogens (tertiary/aromatic N) is 1. The molecule has 0 bridgehead atoms. The Morgan fingerprint density at radius 2 is 0.610 bits per heavy atom. The lowest BCUT2D eigenvalue weighted by molar-refractivity contribution is 0.669. The monoisotopic (exact) mass is 983 g/mol. The average molecular weight is 984 g/mol. The van der Waals surface area contributed by atoms with Crippen molar-refractivity contribution in [2.24, 2.45) is 0 Å². The van der Waals surface area contributed by atoms with Crippen LogP contribution >= 0.6 is 0 Å². The molecule has 360 valence electrons. The van der Waals surface area contributed by atoms with E-state index in [1.165, 1.54) is 33.4 Å². The molecular formula is C73H45NO3. The smallest absolute Gasteiger partial charge is 0.143 e. The summed E-state index contributed by atoms with van der Waals surface area (Å²) in [6.07, 6.45) is 0. The van der Waals surface area contributed by atoms with Crippen LogP contribution in [-0.2, 0) is 5.41 Å². The fraction of sp³-hybridized carbons (Fsp3) is 0.0137. The van der Waals surface area contributed by atoms with Gasteiger partial charge in [-0.15, -0.1) is 0 Å². The van der Waals surface area contributed by atoms with E-state index in [0.29, 0.717) is 0 Å². The third-order valence-electron chi connectivity index (χ3n) is 16.2. The van der Waals surface area contributed by atoms with Crippen molar-refractivity contribution in [3.63, 3.8) is 0 Å².